The second-order valence-corrected chi connectivity index (χ2v) is 11.6. The summed E-state index contributed by atoms with van der Waals surface area (Å²) >= 11 is 7.98. The van der Waals surface area contributed by atoms with Gasteiger partial charge in [-0.1, -0.05) is 30.5 Å². The fraction of sp³-hybridized carbons (Fsp3) is 0.500. The Kier molecular flexibility index (Phi) is 7.33. The summed E-state index contributed by atoms with van der Waals surface area (Å²) in [6, 6.07) is 9.07. The first kappa shape index (κ1) is 22.7. The number of hydrogen-bond donors (Lipinski definition) is 1. The molecule has 1 N–H and O–H groups in total. The second-order valence-electron chi connectivity index (χ2n) is 8.22. The molecule has 0 atom stereocenters. The van der Waals surface area contributed by atoms with Crippen molar-refractivity contribution >= 4 is 44.6 Å². The monoisotopic (exact) mass is 481 g/mol. The van der Waals surface area contributed by atoms with Gasteiger partial charge in [-0.2, -0.15) is 4.31 Å². The number of carbonyl (C=O) groups excluding carboxylic acids is 1. The van der Waals surface area contributed by atoms with Crippen LogP contribution in [0.1, 0.15) is 43.4 Å². The summed E-state index contributed by atoms with van der Waals surface area (Å²) in [6.45, 7) is 2.06. The SMILES string of the molecule is O=C(CN(Cc1cccs1)C1CC1)Nc1cc(S(=O)(=O)N2CCCCCC2)ccc1Cl. The van der Waals surface area contributed by atoms with Gasteiger partial charge in [-0.25, -0.2) is 8.42 Å². The molecule has 2 aromatic rings. The summed E-state index contributed by atoms with van der Waals surface area (Å²) in [4.78, 5) is 16.3. The average Bonchev–Trinajstić information content (AvgIpc) is 3.52. The van der Waals surface area contributed by atoms with Crippen LogP contribution < -0.4 is 5.32 Å². The molecule has 2 fully saturated rings. The lowest BCUT2D eigenvalue weighted by molar-refractivity contribution is -0.117. The number of nitrogens with zero attached hydrogens (tertiary/aromatic N) is 2. The standard InChI is InChI=1S/C22H28ClN3O3S2/c23-20-10-9-19(31(28,29)26-11-3-1-2-4-12-26)14-21(20)24-22(27)16-25(17-7-8-17)15-18-6-5-13-30-18/h5-6,9-10,13-14,17H,1-4,7-8,11-12,15-16H2,(H,24,27). The average molecular weight is 482 g/mol. The van der Waals surface area contributed by atoms with Crippen molar-refractivity contribution in [1.82, 2.24) is 9.21 Å². The van der Waals surface area contributed by atoms with E-state index in [0.717, 1.165) is 45.1 Å². The summed E-state index contributed by atoms with van der Waals surface area (Å²) in [5.41, 5.74) is 0.342. The fourth-order valence-corrected chi connectivity index (χ4v) is 6.36. The number of thiophene rings is 1. The molecule has 4 rings (SSSR count). The number of rotatable bonds is 8. The normalized spacial score (nSPS) is 18.1. The van der Waals surface area contributed by atoms with Gasteiger partial charge in [0.25, 0.3) is 0 Å². The molecule has 1 amide bonds. The van der Waals surface area contributed by atoms with Gasteiger partial charge in [-0.05, 0) is 55.3 Å². The molecule has 2 aliphatic rings. The van der Waals surface area contributed by atoms with Crippen molar-refractivity contribution in [3.8, 4) is 0 Å². The molecule has 2 heterocycles. The highest BCUT2D eigenvalue weighted by Gasteiger charge is 2.31. The molecule has 1 aromatic heterocycles. The number of benzene rings is 1. The molecule has 9 heteroatoms. The Morgan fingerprint density at radius 3 is 2.55 bits per heavy atom. The first-order valence-corrected chi connectivity index (χ1v) is 13.5. The minimum absolute atomic E-state index is 0.173. The molecule has 168 valence electrons. The summed E-state index contributed by atoms with van der Waals surface area (Å²) in [5.74, 6) is -0.185. The highest BCUT2D eigenvalue weighted by Crippen LogP contribution is 2.30. The lowest BCUT2D eigenvalue weighted by Gasteiger charge is -2.22. The minimum Gasteiger partial charge on any atom is -0.324 e. The molecule has 0 spiro atoms. The van der Waals surface area contributed by atoms with E-state index < -0.39 is 10.0 Å². The van der Waals surface area contributed by atoms with Crippen LogP contribution in [0.2, 0.25) is 5.02 Å². The number of anilines is 1. The van der Waals surface area contributed by atoms with E-state index in [1.807, 2.05) is 11.4 Å². The second kappa shape index (κ2) is 10.0. The topological polar surface area (TPSA) is 69.7 Å². The third-order valence-electron chi connectivity index (χ3n) is 5.76. The molecule has 0 unspecified atom stereocenters. The predicted molar refractivity (Wildman–Crippen MR) is 125 cm³/mol. The number of amides is 1. The van der Waals surface area contributed by atoms with Gasteiger partial charge in [-0.15, -0.1) is 11.3 Å². The van der Waals surface area contributed by atoms with E-state index in [-0.39, 0.29) is 17.3 Å². The molecule has 0 radical (unpaired) electrons. The number of halogens is 1. The van der Waals surface area contributed by atoms with Gasteiger partial charge in [0.1, 0.15) is 0 Å². The molecular formula is C22H28ClN3O3S2. The molecular weight excluding hydrogens is 454 g/mol. The zero-order valence-electron chi connectivity index (χ0n) is 17.4. The molecule has 31 heavy (non-hydrogen) atoms. The van der Waals surface area contributed by atoms with E-state index >= 15 is 0 Å². The first-order chi connectivity index (χ1) is 14.9. The Hall–Kier alpha value is -1.45. The van der Waals surface area contributed by atoms with Gasteiger partial charge in [0.15, 0.2) is 0 Å². The Balaban J connectivity index is 1.46. The van der Waals surface area contributed by atoms with Crippen molar-refractivity contribution in [3.05, 3.63) is 45.6 Å². The van der Waals surface area contributed by atoms with Crippen LogP contribution in [0.25, 0.3) is 0 Å². The smallest absolute Gasteiger partial charge is 0.243 e. The van der Waals surface area contributed by atoms with E-state index in [4.69, 9.17) is 11.6 Å². The lowest BCUT2D eigenvalue weighted by Crippen LogP contribution is -2.34. The van der Waals surface area contributed by atoms with Gasteiger partial charge in [-0.3, -0.25) is 9.69 Å². The van der Waals surface area contributed by atoms with Crippen LogP contribution in [0, 0.1) is 0 Å². The molecule has 1 aromatic carbocycles. The molecule has 1 saturated carbocycles. The van der Waals surface area contributed by atoms with Crippen molar-refractivity contribution in [2.75, 3.05) is 25.0 Å². The third-order valence-corrected chi connectivity index (χ3v) is 8.85. The van der Waals surface area contributed by atoms with E-state index in [1.54, 1.807) is 21.7 Å². The molecule has 1 saturated heterocycles. The lowest BCUT2D eigenvalue weighted by atomic mass is 10.2. The first-order valence-electron chi connectivity index (χ1n) is 10.8. The maximum absolute atomic E-state index is 13.1. The van der Waals surface area contributed by atoms with Crippen LogP contribution in [0.15, 0.2) is 40.6 Å². The van der Waals surface area contributed by atoms with E-state index in [9.17, 15) is 13.2 Å². The fourth-order valence-electron chi connectivity index (χ4n) is 3.92. The van der Waals surface area contributed by atoms with Crippen molar-refractivity contribution in [3.63, 3.8) is 0 Å². The number of hydrogen-bond acceptors (Lipinski definition) is 5. The predicted octanol–water partition coefficient (Wildman–Crippen LogP) is 4.57. The largest absolute Gasteiger partial charge is 0.324 e. The Morgan fingerprint density at radius 1 is 1.16 bits per heavy atom. The van der Waals surface area contributed by atoms with Gasteiger partial charge >= 0.3 is 0 Å². The maximum atomic E-state index is 13.1. The van der Waals surface area contributed by atoms with E-state index in [0.29, 0.717) is 29.8 Å². The molecule has 1 aliphatic heterocycles. The summed E-state index contributed by atoms with van der Waals surface area (Å²) in [6.07, 6.45) is 6.05. The zero-order valence-corrected chi connectivity index (χ0v) is 19.8. The Bertz CT molecular complexity index is 999. The third kappa shape index (κ3) is 5.87. The highest BCUT2D eigenvalue weighted by atomic mass is 35.5. The van der Waals surface area contributed by atoms with Crippen LogP contribution in [0.5, 0.6) is 0 Å². The molecule has 0 bridgehead atoms. The zero-order chi connectivity index (χ0) is 21.8. The summed E-state index contributed by atoms with van der Waals surface area (Å²) in [7, 11) is -3.61. The molecule has 6 nitrogen and oxygen atoms in total. The van der Waals surface area contributed by atoms with Crippen molar-refractivity contribution < 1.29 is 13.2 Å². The number of nitrogens with one attached hydrogen (secondary N) is 1. The summed E-state index contributed by atoms with van der Waals surface area (Å²) in [5, 5.41) is 5.21. The molecule has 1 aliphatic carbocycles. The van der Waals surface area contributed by atoms with Crippen molar-refractivity contribution in [2.45, 2.75) is 56.0 Å². The number of sulfonamides is 1. The van der Waals surface area contributed by atoms with Crippen LogP contribution in [-0.4, -0.2) is 49.2 Å². The Morgan fingerprint density at radius 2 is 1.90 bits per heavy atom. The minimum atomic E-state index is -3.61. The van der Waals surface area contributed by atoms with Gasteiger partial charge in [0.2, 0.25) is 15.9 Å². The van der Waals surface area contributed by atoms with Crippen LogP contribution in [0.4, 0.5) is 5.69 Å². The van der Waals surface area contributed by atoms with Crippen LogP contribution in [-0.2, 0) is 21.4 Å². The highest BCUT2D eigenvalue weighted by molar-refractivity contribution is 7.89. The Labute approximate surface area is 193 Å². The van der Waals surface area contributed by atoms with Crippen LogP contribution in [0.3, 0.4) is 0 Å². The number of carbonyl (C=O) groups is 1. The van der Waals surface area contributed by atoms with Crippen molar-refractivity contribution in [2.24, 2.45) is 0 Å². The van der Waals surface area contributed by atoms with Crippen molar-refractivity contribution in [1.29, 1.82) is 0 Å². The van der Waals surface area contributed by atoms with Crippen LogP contribution >= 0.6 is 22.9 Å². The van der Waals surface area contributed by atoms with E-state index in [1.165, 1.54) is 17.0 Å². The quantitative estimate of drug-likeness (QED) is 0.599. The van der Waals surface area contributed by atoms with Gasteiger partial charge < -0.3 is 5.32 Å². The maximum Gasteiger partial charge on any atom is 0.243 e. The summed E-state index contributed by atoms with van der Waals surface area (Å²) < 4.78 is 27.8. The van der Waals surface area contributed by atoms with E-state index in [2.05, 4.69) is 16.3 Å². The van der Waals surface area contributed by atoms with Gasteiger partial charge in [0.05, 0.1) is 22.2 Å². The van der Waals surface area contributed by atoms with Gasteiger partial charge in [0, 0.05) is 30.6 Å².